The third kappa shape index (κ3) is 14.3. The molecule has 0 radical (unpaired) electrons. The molecule has 14 nitrogen and oxygen atoms in total. The molecule has 2 fully saturated rings. The smallest absolute Gasteiger partial charge is 0.407 e. The Morgan fingerprint density at radius 1 is 0.578 bits per heavy atom. The van der Waals surface area contributed by atoms with Gasteiger partial charge in [0, 0.05) is 37.3 Å². The summed E-state index contributed by atoms with van der Waals surface area (Å²) in [6.07, 6.45) is 22.3. The topological polar surface area (TPSA) is 175 Å². The van der Waals surface area contributed by atoms with E-state index in [1.165, 1.54) is 14.2 Å². The first-order valence-electron chi connectivity index (χ1n) is 20.8. The van der Waals surface area contributed by atoms with Gasteiger partial charge in [-0.25, -0.2) is 19.6 Å². The van der Waals surface area contributed by atoms with Gasteiger partial charge in [0.05, 0.1) is 26.9 Å². The van der Waals surface area contributed by atoms with Crippen molar-refractivity contribution in [3.8, 4) is 59.3 Å². The summed E-state index contributed by atoms with van der Waals surface area (Å²) < 4.78 is 9.05. The van der Waals surface area contributed by atoms with Crippen molar-refractivity contribution in [3.63, 3.8) is 0 Å². The number of carbonyl (C=O) groups is 4. The Morgan fingerprint density at radius 2 is 0.922 bits per heavy atom. The van der Waals surface area contributed by atoms with Crippen LogP contribution < -0.4 is 10.6 Å². The van der Waals surface area contributed by atoms with Crippen molar-refractivity contribution in [1.29, 1.82) is 0 Å². The van der Waals surface area contributed by atoms with E-state index in [1.807, 2.05) is 45.9 Å². The molecule has 16 heteroatoms. The van der Waals surface area contributed by atoms with Crippen LogP contribution >= 0.6 is 23.2 Å². The predicted octanol–water partition coefficient (Wildman–Crippen LogP) is 9.07. The molecule has 5 aromatic rings. The number of alkyl carbamates (subject to hydrolysis) is 2. The molecule has 3 aromatic carbocycles. The van der Waals surface area contributed by atoms with E-state index in [1.54, 1.807) is 22.5 Å². The Balaban J connectivity index is 0.000000262. The van der Waals surface area contributed by atoms with E-state index in [0.29, 0.717) is 10.3 Å². The van der Waals surface area contributed by atoms with E-state index in [2.05, 4.69) is 108 Å². The molecule has 2 aliphatic rings. The molecule has 7 rings (SSSR count). The number of hydrogen-bond donors (Lipinski definition) is 4. The van der Waals surface area contributed by atoms with Gasteiger partial charge >= 0.3 is 12.2 Å². The molecule has 0 spiro atoms. The van der Waals surface area contributed by atoms with Gasteiger partial charge in [0.15, 0.2) is 0 Å². The average Bonchev–Trinajstić information content (AvgIpc) is 4.18. The zero-order valence-electron chi connectivity index (χ0n) is 37.2. The van der Waals surface area contributed by atoms with E-state index < -0.39 is 24.3 Å². The summed E-state index contributed by atoms with van der Waals surface area (Å²) >= 11 is 12.3. The monoisotopic (exact) mass is 912 g/mol. The SMILES string of the molecule is C#C.C#C.COC(=O)NC(C(=O)N1CCCC1)C(C)C.COC(=O)NC(C(=O)N1CCCC1)C(C)C.Clc1[nH]cnc1-c1ccc(-c2ccc3cc(-c4nc[nH]c4Cl)ccc3c2)cc1. The maximum absolute atomic E-state index is 12.1. The van der Waals surface area contributed by atoms with Crippen molar-refractivity contribution >= 4 is 58.0 Å². The van der Waals surface area contributed by atoms with Gasteiger partial charge in [-0.05, 0) is 71.6 Å². The molecule has 2 atom stereocenters. The number of likely N-dealkylation sites (tertiary alicyclic amines) is 2. The molecule has 4 amide bonds. The minimum Gasteiger partial charge on any atom is -0.453 e. The Bertz CT molecular complexity index is 2250. The molecule has 0 bridgehead atoms. The van der Waals surface area contributed by atoms with Crippen LogP contribution in [0.4, 0.5) is 9.59 Å². The second-order valence-electron chi connectivity index (χ2n) is 15.3. The number of benzene rings is 3. The number of halogens is 2. The number of carbonyl (C=O) groups excluding carboxylic acids is 4. The lowest BCUT2D eigenvalue weighted by Gasteiger charge is -2.26. The van der Waals surface area contributed by atoms with Crippen LogP contribution in [0.25, 0.3) is 44.4 Å². The number of imidazole rings is 2. The van der Waals surface area contributed by atoms with Crippen molar-refractivity contribution < 1.29 is 28.7 Å². The highest BCUT2D eigenvalue weighted by Crippen LogP contribution is 2.32. The molecule has 4 N–H and O–H groups in total. The number of ether oxygens (including phenoxy) is 2. The molecular formula is C48H58Cl2N8O6. The number of terminal acetylenes is 2. The number of aromatic amines is 2. The molecule has 0 aliphatic carbocycles. The van der Waals surface area contributed by atoms with Gasteiger partial charge in [-0.1, -0.05) is 99.4 Å². The molecule has 2 aliphatic heterocycles. The van der Waals surface area contributed by atoms with E-state index in [9.17, 15) is 19.2 Å². The van der Waals surface area contributed by atoms with Crippen molar-refractivity contribution in [1.82, 2.24) is 40.4 Å². The lowest BCUT2D eigenvalue weighted by Crippen LogP contribution is -2.50. The first-order valence-corrected chi connectivity index (χ1v) is 21.5. The molecule has 64 heavy (non-hydrogen) atoms. The van der Waals surface area contributed by atoms with Gasteiger partial charge in [0.1, 0.15) is 33.8 Å². The Labute approximate surface area is 386 Å². The molecule has 2 aromatic heterocycles. The fourth-order valence-electron chi connectivity index (χ4n) is 7.02. The second-order valence-corrected chi connectivity index (χ2v) is 16.0. The quantitative estimate of drug-likeness (QED) is 0.106. The van der Waals surface area contributed by atoms with Gasteiger partial charge in [-0.2, -0.15) is 0 Å². The normalized spacial score (nSPS) is 13.7. The van der Waals surface area contributed by atoms with Crippen LogP contribution in [0.5, 0.6) is 0 Å². The summed E-state index contributed by atoms with van der Waals surface area (Å²) in [6, 6.07) is 19.9. The molecular weight excluding hydrogens is 855 g/mol. The second kappa shape index (κ2) is 26.2. The number of nitrogens with one attached hydrogen (secondary N) is 4. The third-order valence-electron chi connectivity index (χ3n) is 10.4. The maximum atomic E-state index is 12.1. The Morgan fingerprint density at radius 3 is 1.28 bits per heavy atom. The first-order chi connectivity index (χ1) is 30.8. The Kier molecular flexibility index (Phi) is 21.2. The van der Waals surface area contributed by atoms with E-state index >= 15 is 0 Å². The number of fused-ring (bicyclic) bond motifs is 1. The number of methoxy groups -OCH3 is 2. The third-order valence-corrected chi connectivity index (χ3v) is 11.0. The number of hydrogen-bond acceptors (Lipinski definition) is 8. The van der Waals surface area contributed by atoms with Crippen LogP contribution in [0.3, 0.4) is 0 Å². The minimum atomic E-state index is -0.550. The molecule has 2 saturated heterocycles. The minimum absolute atomic E-state index is 0.00194. The number of nitrogens with zero attached hydrogens (tertiary/aromatic N) is 4. The first kappa shape index (κ1) is 51.9. The lowest BCUT2D eigenvalue weighted by atomic mass is 9.98. The summed E-state index contributed by atoms with van der Waals surface area (Å²) in [5.74, 6) is 0.121. The molecule has 0 saturated carbocycles. The zero-order chi connectivity index (χ0) is 47.3. The lowest BCUT2D eigenvalue weighted by molar-refractivity contribution is -0.134. The summed E-state index contributed by atoms with van der Waals surface area (Å²) in [6.45, 7) is 10.8. The molecule has 340 valence electrons. The fraction of sp³-hybridized carbons (Fsp3) is 0.375. The predicted molar refractivity (Wildman–Crippen MR) is 254 cm³/mol. The largest absolute Gasteiger partial charge is 0.453 e. The van der Waals surface area contributed by atoms with E-state index in [4.69, 9.17) is 23.2 Å². The van der Waals surface area contributed by atoms with Crippen LogP contribution in [0.1, 0.15) is 53.4 Å². The van der Waals surface area contributed by atoms with Crippen molar-refractivity contribution in [2.45, 2.75) is 65.5 Å². The maximum Gasteiger partial charge on any atom is 0.407 e. The van der Waals surface area contributed by atoms with Crippen LogP contribution in [0, 0.1) is 37.5 Å². The highest BCUT2D eigenvalue weighted by atomic mass is 35.5. The highest BCUT2D eigenvalue weighted by molar-refractivity contribution is 6.32. The summed E-state index contributed by atoms with van der Waals surface area (Å²) in [7, 11) is 2.60. The van der Waals surface area contributed by atoms with Crippen LogP contribution in [0.15, 0.2) is 73.3 Å². The van der Waals surface area contributed by atoms with Gasteiger partial charge in [0.25, 0.3) is 0 Å². The van der Waals surface area contributed by atoms with Gasteiger partial charge < -0.3 is 39.9 Å². The molecule has 2 unspecified atom stereocenters. The van der Waals surface area contributed by atoms with Crippen molar-refractivity contribution in [2.75, 3.05) is 40.4 Å². The van der Waals surface area contributed by atoms with Gasteiger partial charge in [-0.3, -0.25) is 9.59 Å². The fourth-order valence-corrected chi connectivity index (χ4v) is 7.43. The molecule has 4 heterocycles. The van der Waals surface area contributed by atoms with E-state index in [0.717, 1.165) is 96.3 Å². The van der Waals surface area contributed by atoms with Crippen molar-refractivity contribution in [3.05, 3.63) is 83.6 Å². The van der Waals surface area contributed by atoms with Gasteiger partial charge in [0.2, 0.25) is 11.8 Å². The van der Waals surface area contributed by atoms with Crippen LogP contribution in [0.2, 0.25) is 10.3 Å². The average molecular weight is 914 g/mol. The van der Waals surface area contributed by atoms with Crippen LogP contribution in [-0.2, 0) is 19.1 Å². The number of H-pyrrole nitrogens is 2. The number of amides is 4. The number of rotatable bonds is 9. The zero-order valence-corrected chi connectivity index (χ0v) is 38.7. The summed E-state index contributed by atoms with van der Waals surface area (Å²) in [4.78, 5) is 64.4. The summed E-state index contributed by atoms with van der Waals surface area (Å²) in [5.41, 5.74) is 5.79. The van der Waals surface area contributed by atoms with Crippen molar-refractivity contribution in [2.24, 2.45) is 11.8 Å². The standard InChI is InChI=1S/C22H14Cl2N4.2C11H20N2O3.2C2H2/c23-21-19(25-11-27-21)14-3-1-13(2-4-14)15-5-6-17-10-18(8-7-16(17)9-15)20-22(24)28-12-26-20;2*1-8(2)9(12-11(15)16-3)10(14)13-6-4-5-7-13;2*1-2/h1-12H,(H,25,27)(H,26,28);2*8-9H,4-7H2,1-3H3,(H,12,15);2*1-2H. The van der Waals surface area contributed by atoms with Crippen LogP contribution in [-0.4, -0.2) is 106 Å². The number of aromatic nitrogens is 4. The van der Waals surface area contributed by atoms with Gasteiger partial charge in [-0.15, -0.1) is 25.7 Å². The highest BCUT2D eigenvalue weighted by Gasteiger charge is 2.31. The Hall–Kier alpha value is -6.48. The summed E-state index contributed by atoms with van der Waals surface area (Å²) in [5, 5.41) is 8.58. The van der Waals surface area contributed by atoms with E-state index in [-0.39, 0.29) is 23.7 Å².